The lowest BCUT2D eigenvalue weighted by Gasteiger charge is -2.19. The Labute approximate surface area is 179 Å². The molecule has 0 saturated heterocycles. The number of nitrogens with zero attached hydrogens (tertiary/aromatic N) is 2. The SMILES string of the molecule is CC(=O)Oc1ccc(C(=O)Nc2cccc(-c3ccnn3C(=O)OC(C)(C)C)c2)cc1. The van der Waals surface area contributed by atoms with Crippen molar-refractivity contribution in [2.45, 2.75) is 33.3 Å². The molecule has 0 radical (unpaired) electrons. The summed E-state index contributed by atoms with van der Waals surface area (Å²) >= 11 is 0. The van der Waals surface area contributed by atoms with Gasteiger partial charge in [-0.1, -0.05) is 12.1 Å². The molecule has 0 unspecified atom stereocenters. The van der Waals surface area contributed by atoms with Gasteiger partial charge < -0.3 is 14.8 Å². The molecule has 0 atom stereocenters. The van der Waals surface area contributed by atoms with E-state index < -0.39 is 17.7 Å². The fourth-order valence-electron chi connectivity index (χ4n) is 2.77. The van der Waals surface area contributed by atoms with Gasteiger partial charge in [0.25, 0.3) is 5.91 Å². The predicted octanol–water partition coefficient (Wildman–Crippen LogP) is 4.51. The minimum atomic E-state index is -0.652. The summed E-state index contributed by atoms with van der Waals surface area (Å²) in [6.07, 6.45) is 0.921. The van der Waals surface area contributed by atoms with Crippen LogP contribution in [0.15, 0.2) is 60.8 Å². The zero-order chi connectivity index (χ0) is 22.6. The minimum absolute atomic E-state index is 0.327. The fourth-order valence-corrected chi connectivity index (χ4v) is 2.77. The summed E-state index contributed by atoms with van der Waals surface area (Å²) in [5.74, 6) is -0.395. The van der Waals surface area contributed by atoms with Crippen LogP contribution in [0, 0.1) is 0 Å². The molecule has 2 aromatic carbocycles. The van der Waals surface area contributed by atoms with Gasteiger partial charge in [0.15, 0.2) is 0 Å². The molecular formula is C23H23N3O5. The highest BCUT2D eigenvalue weighted by Crippen LogP contribution is 2.24. The number of hydrogen-bond acceptors (Lipinski definition) is 6. The van der Waals surface area contributed by atoms with Crippen molar-refractivity contribution >= 4 is 23.7 Å². The Balaban J connectivity index is 1.77. The maximum absolute atomic E-state index is 12.6. The number of nitrogens with one attached hydrogen (secondary N) is 1. The molecule has 1 amide bonds. The number of carbonyl (C=O) groups excluding carboxylic acids is 3. The summed E-state index contributed by atoms with van der Waals surface area (Å²) < 4.78 is 11.5. The van der Waals surface area contributed by atoms with Crippen molar-refractivity contribution in [2.24, 2.45) is 0 Å². The first-order chi connectivity index (χ1) is 14.6. The van der Waals surface area contributed by atoms with E-state index in [1.165, 1.54) is 17.8 Å². The highest BCUT2D eigenvalue weighted by Gasteiger charge is 2.21. The molecular weight excluding hydrogens is 398 g/mol. The molecule has 160 valence electrons. The number of esters is 1. The van der Waals surface area contributed by atoms with Crippen molar-refractivity contribution in [2.75, 3.05) is 5.32 Å². The van der Waals surface area contributed by atoms with Crippen molar-refractivity contribution < 1.29 is 23.9 Å². The highest BCUT2D eigenvalue weighted by molar-refractivity contribution is 6.04. The van der Waals surface area contributed by atoms with Crippen molar-refractivity contribution in [1.82, 2.24) is 9.78 Å². The average Bonchev–Trinajstić information content (AvgIpc) is 3.17. The topological polar surface area (TPSA) is 99.5 Å². The second-order valence-electron chi connectivity index (χ2n) is 7.76. The Hall–Kier alpha value is -3.94. The van der Waals surface area contributed by atoms with Crippen LogP contribution in [0.3, 0.4) is 0 Å². The molecule has 0 spiro atoms. The van der Waals surface area contributed by atoms with Crippen molar-refractivity contribution in [3.05, 3.63) is 66.4 Å². The van der Waals surface area contributed by atoms with Crippen LogP contribution >= 0.6 is 0 Å². The summed E-state index contributed by atoms with van der Waals surface area (Å²) in [4.78, 5) is 36.0. The van der Waals surface area contributed by atoms with Gasteiger partial charge in [-0.2, -0.15) is 9.78 Å². The molecule has 31 heavy (non-hydrogen) atoms. The number of anilines is 1. The third-order valence-electron chi connectivity index (χ3n) is 4.00. The maximum atomic E-state index is 12.6. The smallest absolute Gasteiger partial charge is 0.435 e. The van der Waals surface area contributed by atoms with Crippen LogP contribution in [0.4, 0.5) is 10.5 Å². The molecule has 1 N–H and O–H groups in total. The number of rotatable bonds is 4. The molecule has 0 bridgehead atoms. The van der Waals surface area contributed by atoms with Gasteiger partial charge in [0, 0.05) is 23.7 Å². The monoisotopic (exact) mass is 421 g/mol. The van der Waals surface area contributed by atoms with E-state index in [1.54, 1.807) is 75.4 Å². The van der Waals surface area contributed by atoms with Crippen molar-refractivity contribution in [3.8, 4) is 17.0 Å². The largest absolute Gasteiger partial charge is 0.442 e. The first-order valence-corrected chi connectivity index (χ1v) is 9.60. The van der Waals surface area contributed by atoms with Gasteiger partial charge in [0.1, 0.15) is 11.4 Å². The number of ether oxygens (including phenoxy) is 2. The molecule has 3 aromatic rings. The first-order valence-electron chi connectivity index (χ1n) is 9.60. The van der Waals surface area contributed by atoms with Gasteiger partial charge in [0.05, 0.1) is 11.9 Å². The predicted molar refractivity (Wildman–Crippen MR) is 115 cm³/mol. The Morgan fingerprint density at radius 3 is 2.35 bits per heavy atom. The van der Waals surface area contributed by atoms with E-state index in [9.17, 15) is 14.4 Å². The molecule has 0 aliphatic rings. The lowest BCUT2D eigenvalue weighted by molar-refractivity contribution is -0.131. The van der Waals surface area contributed by atoms with Gasteiger partial charge in [-0.3, -0.25) is 9.59 Å². The van der Waals surface area contributed by atoms with Crippen molar-refractivity contribution in [3.63, 3.8) is 0 Å². The number of carbonyl (C=O) groups is 3. The molecule has 0 fully saturated rings. The van der Waals surface area contributed by atoms with E-state index in [-0.39, 0.29) is 5.91 Å². The second kappa shape index (κ2) is 8.83. The van der Waals surface area contributed by atoms with Crippen LogP contribution < -0.4 is 10.1 Å². The summed E-state index contributed by atoms with van der Waals surface area (Å²) in [5, 5.41) is 6.88. The van der Waals surface area contributed by atoms with Crippen LogP contribution in [0.1, 0.15) is 38.1 Å². The summed E-state index contributed by atoms with van der Waals surface area (Å²) in [6, 6.07) is 15.0. The summed E-state index contributed by atoms with van der Waals surface area (Å²) in [6.45, 7) is 6.65. The maximum Gasteiger partial charge on any atom is 0.435 e. The van der Waals surface area contributed by atoms with Crippen LogP contribution in [-0.2, 0) is 9.53 Å². The van der Waals surface area contributed by atoms with E-state index in [2.05, 4.69) is 10.4 Å². The average molecular weight is 421 g/mol. The van der Waals surface area contributed by atoms with Crippen molar-refractivity contribution in [1.29, 1.82) is 0 Å². The molecule has 8 nitrogen and oxygen atoms in total. The third kappa shape index (κ3) is 5.79. The summed E-state index contributed by atoms with van der Waals surface area (Å²) in [7, 11) is 0. The molecule has 3 rings (SSSR count). The van der Waals surface area contributed by atoms with Crippen LogP contribution in [0.5, 0.6) is 5.75 Å². The zero-order valence-electron chi connectivity index (χ0n) is 17.7. The fraction of sp³-hybridized carbons (Fsp3) is 0.217. The summed E-state index contributed by atoms with van der Waals surface area (Å²) in [5.41, 5.74) is 1.52. The molecule has 0 saturated carbocycles. The van der Waals surface area contributed by atoms with Gasteiger partial charge in [-0.15, -0.1) is 0 Å². The quantitative estimate of drug-likeness (QED) is 0.491. The van der Waals surface area contributed by atoms with Crippen LogP contribution in [0.2, 0.25) is 0 Å². The number of hydrogen-bond donors (Lipinski definition) is 1. The Kier molecular flexibility index (Phi) is 6.20. The molecule has 0 aliphatic heterocycles. The third-order valence-corrected chi connectivity index (χ3v) is 4.00. The lowest BCUT2D eigenvalue weighted by atomic mass is 10.1. The Morgan fingerprint density at radius 1 is 1.00 bits per heavy atom. The van der Waals surface area contributed by atoms with Crippen LogP contribution in [-0.4, -0.2) is 33.4 Å². The molecule has 8 heteroatoms. The Bertz CT molecular complexity index is 1110. The Morgan fingerprint density at radius 2 is 1.71 bits per heavy atom. The first kappa shape index (κ1) is 21.8. The van der Waals surface area contributed by atoms with Gasteiger partial charge in [-0.25, -0.2) is 4.79 Å². The van der Waals surface area contributed by atoms with Gasteiger partial charge in [0.2, 0.25) is 0 Å². The standard InChI is InChI=1S/C23H23N3O5/c1-15(27)30-19-10-8-16(9-11-19)21(28)25-18-7-5-6-17(14-18)20-12-13-24-26(20)22(29)31-23(2,3)4/h5-14H,1-4H3,(H,25,28). The lowest BCUT2D eigenvalue weighted by Crippen LogP contribution is -2.28. The number of benzene rings is 2. The molecule has 1 aromatic heterocycles. The van der Waals surface area contributed by atoms with E-state index >= 15 is 0 Å². The van der Waals surface area contributed by atoms with Crippen LogP contribution in [0.25, 0.3) is 11.3 Å². The normalized spacial score (nSPS) is 11.0. The van der Waals surface area contributed by atoms with Gasteiger partial charge >= 0.3 is 12.1 Å². The number of amides is 1. The highest BCUT2D eigenvalue weighted by atomic mass is 16.6. The molecule has 0 aliphatic carbocycles. The minimum Gasteiger partial charge on any atom is -0.442 e. The van der Waals surface area contributed by atoms with E-state index in [4.69, 9.17) is 9.47 Å². The van der Waals surface area contributed by atoms with E-state index in [0.29, 0.717) is 28.3 Å². The molecule has 1 heterocycles. The van der Waals surface area contributed by atoms with E-state index in [1.807, 2.05) is 0 Å². The number of aromatic nitrogens is 2. The zero-order valence-corrected chi connectivity index (χ0v) is 17.7. The van der Waals surface area contributed by atoms with Gasteiger partial charge in [-0.05, 0) is 63.2 Å². The van der Waals surface area contributed by atoms with E-state index in [0.717, 1.165) is 0 Å². The second-order valence-corrected chi connectivity index (χ2v) is 7.76.